The van der Waals surface area contributed by atoms with Gasteiger partial charge in [-0.05, 0) is 39.2 Å². The quantitative estimate of drug-likeness (QED) is 0.882. The van der Waals surface area contributed by atoms with Crippen molar-refractivity contribution in [1.82, 2.24) is 14.9 Å². The van der Waals surface area contributed by atoms with E-state index in [1.807, 2.05) is 0 Å². The molecule has 1 unspecified atom stereocenters. The predicted octanol–water partition coefficient (Wildman–Crippen LogP) is 2.46. The monoisotopic (exact) mass is 376 g/mol. The van der Waals surface area contributed by atoms with Crippen LogP contribution in [0.2, 0.25) is 0 Å². The average molecular weight is 376 g/mol. The Hall–Kier alpha value is -2.22. The van der Waals surface area contributed by atoms with E-state index in [1.165, 1.54) is 22.3 Å². The van der Waals surface area contributed by atoms with Gasteiger partial charge in [0.15, 0.2) is 0 Å². The highest BCUT2D eigenvalue weighted by atomic mass is 32.1. The summed E-state index contributed by atoms with van der Waals surface area (Å²) < 4.78 is 0. The van der Waals surface area contributed by atoms with Crippen LogP contribution < -0.4 is 4.90 Å². The predicted molar refractivity (Wildman–Crippen MR) is 102 cm³/mol. The summed E-state index contributed by atoms with van der Waals surface area (Å²) in [7, 11) is 1.57. The molecule has 0 aliphatic carbocycles. The molecule has 0 aromatic carbocycles. The van der Waals surface area contributed by atoms with Gasteiger partial charge in [-0.25, -0.2) is 14.8 Å². The summed E-state index contributed by atoms with van der Waals surface area (Å²) in [5.41, 5.74) is 1.22. The molecule has 1 aliphatic heterocycles. The van der Waals surface area contributed by atoms with Crippen molar-refractivity contribution in [3.8, 4) is 0 Å². The molecular weight excluding hydrogens is 352 g/mol. The van der Waals surface area contributed by atoms with Crippen LogP contribution in [0.4, 0.5) is 5.82 Å². The van der Waals surface area contributed by atoms with Crippen LogP contribution in [0, 0.1) is 19.8 Å². The third-order valence-corrected chi connectivity index (χ3v) is 6.49. The van der Waals surface area contributed by atoms with Crippen LogP contribution in [-0.4, -0.2) is 58.0 Å². The standard InChI is InChI=1S/C18H24N4O3S/c1-10-12(3)26-16-14(10)15(19-9-20-16)22-7-5-13(6-8-22)17(23)21(4)11(2)18(24)25/h9,11,13H,5-8H2,1-4H3,(H,24,25). The van der Waals surface area contributed by atoms with Gasteiger partial charge in [-0.3, -0.25) is 4.79 Å². The number of anilines is 1. The second-order valence-electron chi connectivity index (χ2n) is 6.89. The maximum Gasteiger partial charge on any atom is 0.326 e. The van der Waals surface area contributed by atoms with E-state index in [0.717, 1.165) is 29.1 Å². The van der Waals surface area contributed by atoms with Gasteiger partial charge in [-0.15, -0.1) is 11.3 Å². The van der Waals surface area contributed by atoms with E-state index in [-0.39, 0.29) is 11.8 Å². The number of amides is 1. The lowest BCUT2D eigenvalue weighted by molar-refractivity contribution is -0.150. The summed E-state index contributed by atoms with van der Waals surface area (Å²) in [5.74, 6) is -0.268. The summed E-state index contributed by atoms with van der Waals surface area (Å²) in [5, 5.41) is 10.2. The number of hydrogen-bond donors (Lipinski definition) is 1. The van der Waals surface area contributed by atoms with Crippen LogP contribution >= 0.6 is 11.3 Å². The molecule has 8 heteroatoms. The zero-order valence-corrected chi connectivity index (χ0v) is 16.3. The van der Waals surface area contributed by atoms with Crippen LogP contribution in [0.1, 0.15) is 30.2 Å². The van der Waals surface area contributed by atoms with Crippen molar-refractivity contribution in [2.24, 2.45) is 5.92 Å². The average Bonchev–Trinajstić information content (AvgIpc) is 2.94. The van der Waals surface area contributed by atoms with Gasteiger partial charge < -0.3 is 14.9 Å². The lowest BCUT2D eigenvalue weighted by Crippen LogP contribution is -2.46. The Kier molecular flexibility index (Phi) is 5.13. The van der Waals surface area contributed by atoms with Crippen molar-refractivity contribution in [3.05, 3.63) is 16.8 Å². The van der Waals surface area contributed by atoms with Gasteiger partial charge >= 0.3 is 5.97 Å². The van der Waals surface area contributed by atoms with E-state index in [9.17, 15) is 9.59 Å². The van der Waals surface area contributed by atoms with Gasteiger partial charge in [0.2, 0.25) is 5.91 Å². The number of aromatic nitrogens is 2. The number of carbonyl (C=O) groups is 2. The topological polar surface area (TPSA) is 86.6 Å². The highest BCUT2D eigenvalue weighted by Crippen LogP contribution is 2.35. The maximum atomic E-state index is 12.6. The second kappa shape index (κ2) is 7.19. The smallest absolute Gasteiger partial charge is 0.326 e. The lowest BCUT2D eigenvalue weighted by atomic mass is 9.94. The minimum absolute atomic E-state index is 0.0880. The minimum atomic E-state index is -0.982. The molecule has 2 aromatic heterocycles. The number of carbonyl (C=O) groups excluding carboxylic acids is 1. The summed E-state index contributed by atoms with van der Waals surface area (Å²) >= 11 is 1.68. The molecule has 0 bridgehead atoms. The first-order valence-corrected chi connectivity index (χ1v) is 9.58. The molecule has 1 N–H and O–H groups in total. The van der Waals surface area contributed by atoms with E-state index >= 15 is 0 Å². The first kappa shape index (κ1) is 18.6. The zero-order chi connectivity index (χ0) is 19.0. The van der Waals surface area contributed by atoms with Crippen molar-refractivity contribution >= 4 is 39.2 Å². The third-order valence-electron chi connectivity index (χ3n) is 5.38. The van der Waals surface area contributed by atoms with Gasteiger partial charge in [0.25, 0.3) is 0 Å². The molecule has 2 aromatic rings. The highest BCUT2D eigenvalue weighted by molar-refractivity contribution is 7.18. The molecule has 0 radical (unpaired) electrons. The normalized spacial score (nSPS) is 16.7. The Morgan fingerprint density at radius 2 is 1.96 bits per heavy atom. The fourth-order valence-corrected chi connectivity index (χ4v) is 4.38. The van der Waals surface area contributed by atoms with Gasteiger partial charge in [0.05, 0.1) is 5.39 Å². The van der Waals surface area contributed by atoms with Crippen molar-refractivity contribution in [3.63, 3.8) is 0 Å². The number of aliphatic carboxylic acids is 1. The Balaban J connectivity index is 1.73. The molecule has 1 amide bonds. The van der Waals surface area contributed by atoms with Crippen LogP contribution in [0.3, 0.4) is 0 Å². The number of carboxylic acid groups (broad SMARTS) is 1. The van der Waals surface area contributed by atoms with Crippen LogP contribution in [-0.2, 0) is 9.59 Å². The molecule has 1 fully saturated rings. The molecule has 3 heterocycles. The Bertz CT molecular complexity index is 842. The zero-order valence-electron chi connectivity index (χ0n) is 15.5. The number of rotatable bonds is 4. The molecular formula is C18H24N4O3S. The van der Waals surface area contributed by atoms with Crippen LogP contribution in [0.5, 0.6) is 0 Å². The largest absolute Gasteiger partial charge is 0.480 e. The van der Waals surface area contributed by atoms with Gasteiger partial charge in [0.1, 0.15) is 23.0 Å². The first-order valence-electron chi connectivity index (χ1n) is 8.76. The SMILES string of the molecule is Cc1sc2ncnc(N3CCC(C(=O)N(C)C(C)C(=O)O)CC3)c2c1C. The second-order valence-corrected chi connectivity index (χ2v) is 8.09. The van der Waals surface area contributed by atoms with E-state index in [1.54, 1.807) is 24.7 Å². The Labute approximate surface area is 156 Å². The highest BCUT2D eigenvalue weighted by Gasteiger charge is 2.32. The Morgan fingerprint density at radius 3 is 2.58 bits per heavy atom. The van der Waals surface area contributed by atoms with Crippen LogP contribution in [0.15, 0.2) is 6.33 Å². The summed E-state index contributed by atoms with van der Waals surface area (Å²) in [6.07, 6.45) is 3.00. The Morgan fingerprint density at radius 1 is 1.31 bits per heavy atom. The first-order chi connectivity index (χ1) is 12.3. The molecule has 3 rings (SSSR count). The van der Waals surface area contributed by atoms with E-state index in [0.29, 0.717) is 12.8 Å². The molecule has 1 aliphatic rings. The van der Waals surface area contributed by atoms with Crippen LogP contribution in [0.25, 0.3) is 10.2 Å². The molecule has 7 nitrogen and oxygen atoms in total. The fraction of sp³-hybridized carbons (Fsp3) is 0.556. The molecule has 1 saturated heterocycles. The molecule has 140 valence electrons. The number of fused-ring (bicyclic) bond motifs is 1. The molecule has 1 atom stereocenters. The lowest BCUT2D eigenvalue weighted by Gasteiger charge is -2.35. The maximum absolute atomic E-state index is 12.6. The van der Waals surface area contributed by atoms with Crippen molar-refractivity contribution in [1.29, 1.82) is 0 Å². The van der Waals surface area contributed by atoms with Gasteiger partial charge in [0, 0.05) is 30.9 Å². The van der Waals surface area contributed by atoms with Crippen molar-refractivity contribution in [2.75, 3.05) is 25.0 Å². The number of nitrogens with zero attached hydrogens (tertiary/aromatic N) is 4. The number of carboxylic acids is 1. The van der Waals surface area contributed by atoms with E-state index in [4.69, 9.17) is 5.11 Å². The fourth-order valence-electron chi connectivity index (χ4n) is 3.39. The number of thiophene rings is 1. The number of piperidine rings is 1. The minimum Gasteiger partial charge on any atom is -0.480 e. The van der Waals surface area contributed by atoms with E-state index < -0.39 is 12.0 Å². The van der Waals surface area contributed by atoms with Gasteiger partial charge in [-0.2, -0.15) is 0 Å². The number of likely N-dealkylation sites (N-methyl/N-ethyl adjacent to an activating group) is 1. The van der Waals surface area contributed by atoms with Crippen molar-refractivity contribution < 1.29 is 14.7 Å². The van der Waals surface area contributed by atoms with E-state index in [2.05, 4.69) is 28.7 Å². The number of aryl methyl sites for hydroxylation is 2. The van der Waals surface area contributed by atoms with Crippen molar-refractivity contribution in [2.45, 2.75) is 39.7 Å². The number of hydrogen-bond acceptors (Lipinski definition) is 6. The molecule has 0 spiro atoms. The summed E-state index contributed by atoms with van der Waals surface area (Å²) in [6, 6.07) is -0.807. The van der Waals surface area contributed by atoms with Gasteiger partial charge in [-0.1, -0.05) is 0 Å². The molecule has 26 heavy (non-hydrogen) atoms. The third kappa shape index (κ3) is 3.25. The summed E-state index contributed by atoms with van der Waals surface area (Å²) in [4.78, 5) is 38.4. The summed E-state index contributed by atoms with van der Waals surface area (Å²) in [6.45, 7) is 7.18. The molecule has 0 saturated carbocycles.